The van der Waals surface area contributed by atoms with E-state index in [1.165, 1.54) is 0 Å². The Hall–Kier alpha value is -1.95. The van der Waals surface area contributed by atoms with Crippen LogP contribution in [0.2, 0.25) is 0 Å². The summed E-state index contributed by atoms with van der Waals surface area (Å²) < 4.78 is 2.03. The van der Waals surface area contributed by atoms with Crippen molar-refractivity contribution in [3.05, 3.63) is 28.7 Å². The van der Waals surface area contributed by atoms with Crippen LogP contribution < -0.4 is 0 Å². The number of fused-ring (bicyclic) bond motifs is 1. The summed E-state index contributed by atoms with van der Waals surface area (Å²) in [5, 5.41) is 2.04. The number of aldehydes is 1. The smallest absolute Gasteiger partial charge is 0.194 e. The van der Waals surface area contributed by atoms with Crippen LogP contribution in [0.1, 0.15) is 21.9 Å². The number of nitrogens with zero attached hydrogens (tertiary/aromatic N) is 3. The number of carbonyl (C=O) groups is 1. The second-order valence-corrected chi connectivity index (χ2v) is 4.69. The Morgan fingerprint density at radius 3 is 3.00 bits per heavy atom. The minimum Gasteiger partial charge on any atom is -0.340 e. The summed E-state index contributed by atoms with van der Waals surface area (Å²) in [7, 11) is 0. The van der Waals surface area contributed by atoms with Gasteiger partial charge in [0.2, 0.25) is 0 Å². The second-order valence-electron chi connectivity index (χ2n) is 3.85. The maximum Gasteiger partial charge on any atom is 0.194 e. The summed E-state index contributed by atoms with van der Waals surface area (Å²) in [6.45, 7) is 3.85. The van der Waals surface area contributed by atoms with E-state index in [2.05, 4.69) is 15.0 Å². The SMILES string of the molecule is Cc1[nH]c(-c2cnc3scc(C)n23)nc1C=O. The number of rotatable bonds is 2. The standard InChI is InChI=1S/C11H10N4OS/c1-6-5-17-11-12-3-9(15(6)11)10-13-7(2)8(4-16)14-10/h3-5H,1-2H3,(H,13,14). The van der Waals surface area contributed by atoms with Crippen molar-refractivity contribution in [2.24, 2.45) is 0 Å². The van der Waals surface area contributed by atoms with E-state index in [-0.39, 0.29) is 0 Å². The monoisotopic (exact) mass is 246 g/mol. The van der Waals surface area contributed by atoms with Gasteiger partial charge in [-0.25, -0.2) is 9.97 Å². The molecule has 0 atom stereocenters. The highest BCUT2D eigenvalue weighted by molar-refractivity contribution is 7.15. The summed E-state index contributed by atoms with van der Waals surface area (Å²) >= 11 is 1.59. The lowest BCUT2D eigenvalue weighted by molar-refractivity contribution is 0.111. The van der Waals surface area contributed by atoms with Gasteiger partial charge in [-0.1, -0.05) is 0 Å². The quantitative estimate of drug-likeness (QED) is 0.705. The molecule has 3 aromatic heterocycles. The summed E-state index contributed by atoms with van der Waals surface area (Å²) in [5.41, 5.74) is 3.22. The average molecular weight is 246 g/mol. The highest BCUT2D eigenvalue weighted by Gasteiger charge is 2.14. The lowest BCUT2D eigenvalue weighted by Crippen LogP contribution is -1.89. The fourth-order valence-electron chi connectivity index (χ4n) is 1.83. The predicted molar refractivity (Wildman–Crippen MR) is 65.5 cm³/mol. The maximum absolute atomic E-state index is 10.8. The van der Waals surface area contributed by atoms with Crippen LogP contribution in [0.3, 0.4) is 0 Å². The summed E-state index contributed by atoms with van der Waals surface area (Å²) in [6.07, 6.45) is 2.53. The molecule has 0 spiro atoms. The van der Waals surface area contributed by atoms with Gasteiger partial charge in [-0.15, -0.1) is 11.3 Å². The van der Waals surface area contributed by atoms with E-state index >= 15 is 0 Å². The topological polar surface area (TPSA) is 63.1 Å². The van der Waals surface area contributed by atoms with Crippen molar-refractivity contribution in [3.8, 4) is 11.5 Å². The largest absolute Gasteiger partial charge is 0.340 e. The predicted octanol–water partition coefficient (Wildman–Crippen LogP) is 2.22. The van der Waals surface area contributed by atoms with Crippen molar-refractivity contribution in [2.45, 2.75) is 13.8 Å². The molecule has 0 aliphatic carbocycles. The third kappa shape index (κ3) is 1.41. The third-order valence-electron chi connectivity index (χ3n) is 2.69. The number of carbonyl (C=O) groups excluding carboxylic acids is 1. The molecule has 1 N–H and O–H groups in total. The molecule has 86 valence electrons. The van der Waals surface area contributed by atoms with Crippen LogP contribution in [0, 0.1) is 13.8 Å². The zero-order valence-corrected chi connectivity index (χ0v) is 10.2. The lowest BCUT2D eigenvalue weighted by atomic mass is 10.4. The molecule has 0 aliphatic rings. The minimum atomic E-state index is 0.447. The molecule has 3 aromatic rings. The average Bonchev–Trinajstić information content (AvgIpc) is 2.96. The number of hydrogen-bond acceptors (Lipinski definition) is 4. The molecular formula is C11H10N4OS. The van der Waals surface area contributed by atoms with Crippen molar-refractivity contribution < 1.29 is 4.79 Å². The van der Waals surface area contributed by atoms with Gasteiger partial charge in [0, 0.05) is 16.8 Å². The fraction of sp³-hybridized carbons (Fsp3) is 0.182. The highest BCUT2D eigenvalue weighted by atomic mass is 32.1. The Labute approximate surface area is 101 Å². The molecule has 6 heteroatoms. The first-order chi connectivity index (χ1) is 8.20. The summed E-state index contributed by atoms with van der Waals surface area (Å²) in [6, 6.07) is 0. The Morgan fingerprint density at radius 1 is 1.47 bits per heavy atom. The van der Waals surface area contributed by atoms with Crippen LogP contribution in [0.5, 0.6) is 0 Å². The Kier molecular flexibility index (Phi) is 2.12. The summed E-state index contributed by atoms with van der Waals surface area (Å²) in [5.74, 6) is 0.679. The van der Waals surface area contributed by atoms with Gasteiger partial charge in [0.1, 0.15) is 11.4 Å². The number of aryl methyl sites for hydroxylation is 2. The minimum absolute atomic E-state index is 0.447. The molecule has 3 rings (SSSR count). The third-order valence-corrected chi connectivity index (χ3v) is 3.65. The van der Waals surface area contributed by atoms with Gasteiger partial charge in [-0.05, 0) is 13.8 Å². The van der Waals surface area contributed by atoms with Crippen LogP contribution in [0.25, 0.3) is 16.5 Å². The number of H-pyrrole nitrogens is 1. The van der Waals surface area contributed by atoms with E-state index in [1.54, 1.807) is 17.5 Å². The van der Waals surface area contributed by atoms with Gasteiger partial charge in [0.05, 0.1) is 6.20 Å². The highest BCUT2D eigenvalue weighted by Crippen LogP contribution is 2.24. The number of hydrogen-bond donors (Lipinski definition) is 1. The van der Waals surface area contributed by atoms with E-state index in [0.717, 1.165) is 28.3 Å². The van der Waals surface area contributed by atoms with E-state index in [0.29, 0.717) is 11.5 Å². The number of imidazole rings is 2. The van der Waals surface area contributed by atoms with Crippen LogP contribution >= 0.6 is 11.3 Å². The van der Waals surface area contributed by atoms with Gasteiger partial charge in [-0.2, -0.15) is 0 Å². The van der Waals surface area contributed by atoms with E-state index < -0.39 is 0 Å². The van der Waals surface area contributed by atoms with E-state index in [9.17, 15) is 4.79 Å². The normalized spacial score (nSPS) is 11.2. The van der Waals surface area contributed by atoms with Crippen molar-refractivity contribution >= 4 is 22.6 Å². The molecule has 0 radical (unpaired) electrons. The first-order valence-corrected chi connectivity index (χ1v) is 6.02. The van der Waals surface area contributed by atoms with Crippen molar-refractivity contribution in [2.75, 3.05) is 0 Å². The number of aromatic nitrogens is 4. The fourth-order valence-corrected chi connectivity index (χ4v) is 2.67. The molecule has 0 saturated heterocycles. The van der Waals surface area contributed by atoms with E-state index in [1.807, 2.05) is 23.6 Å². The Morgan fingerprint density at radius 2 is 2.29 bits per heavy atom. The zero-order chi connectivity index (χ0) is 12.0. The number of nitrogens with one attached hydrogen (secondary N) is 1. The lowest BCUT2D eigenvalue weighted by Gasteiger charge is -1.96. The first kappa shape index (κ1) is 10.2. The van der Waals surface area contributed by atoms with Crippen molar-refractivity contribution in [1.82, 2.24) is 19.4 Å². The van der Waals surface area contributed by atoms with Crippen LogP contribution in [-0.2, 0) is 0 Å². The molecule has 0 amide bonds. The molecule has 0 fully saturated rings. The van der Waals surface area contributed by atoms with E-state index in [4.69, 9.17) is 0 Å². The molecule has 0 unspecified atom stereocenters. The van der Waals surface area contributed by atoms with Gasteiger partial charge in [0.15, 0.2) is 17.1 Å². The number of thiazole rings is 1. The Bertz CT molecular complexity index is 706. The molecule has 3 heterocycles. The Balaban J connectivity index is 2.26. The van der Waals surface area contributed by atoms with Gasteiger partial charge < -0.3 is 4.98 Å². The second kappa shape index (κ2) is 3.53. The summed E-state index contributed by atoms with van der Waals surface area (Å²) in [4.78, 5) is 23.4. The molecular weight excluding hydrogens is 236 g/mol. The van der Waals surface area contributed by atoms with Crippen LogP contribution in [0.4, 0.5) is 0 Å². The molecule has 0 saturated carbocycles. The van der Waals surface area contributed by atoms with Gasteiger partial charge in [0.25, 0.3) is 0 Å². The molecule has 0 bridgehead atoms. The number of aromatic amines is 1. The zero-order valence-electron chi connectivity index (χ0n) is 9.39. The maximum atomic E-state index is 10.8. The van der Waals surface area contributed by atoms with Crippen molar-refractivity contribution in [1.29, 1.82) is 0 Å². The van der Waals surface area contributed by atoms with Crippen LogP contribution in [0.15, 0.2) is 11.6 Å². The first-order valence-electron chi connectivity index (χ1n) is 5.14. The van der Waals surface area contributed by atoms with Crippen molar-refractivity contribution in [3.63, 3.8) is 0 Å². The van der Waals surface area contributed by atoms with Gasteiger partial charge >= 0.3 is 0 Å². The van der Waals surface area contributed by atoms with Crippen LogP contribution in [-0.4, -0.2) is 25.6 Å². The molecule has 0 aliphatic heterocycles. The molecule has 0 aromatic carbocycles. The van der Waals surface area contributed by atoms with Gasteiger partial charge in [-0.3, -0.25) is 9.20 Å². The molecule has 17 heavy (non-hydrogen) atoms. The molecule has 5 nitrogen and oxygen atoms in total.